The molecule has 0 bridgehead atoms. The highest BCUT2D eigenvalue weighted by molar-refractivity contribution is 7.16. The number of para-hydroxylation sites is 1. The molecule has 0 saturated heterocycles. The summed E-state index contributed by atoms with van der Waals surface area (Å²) in [5, 5.41) is 11.9. The maximum Gasteiger partial charge on any atom is 0.325 e. The molecule has 0 unspecified atom stereocenters. The fraction of sp³-hybridized carbons (Fsp3) is 0.105. The number of nitro groups is 1. The zero-order valence-electron chi connectivity index (χ0n) is 15.0. The summed E-state index contributed by atoms with van der Waals surface area (Å²) >= 11 is 1.13. The summed E-state index contributed by atoms with van der Waals surface area (Å²) in [4.78, 5) is 39.4. The topological polar surface area (TPSA) is 117 Å². The molecule has 0 aliphatic carbocycles. The van der Waals surface area contributed by atoms with E-state index in [4.69, 9.17) is 9.15 Å². The second-order valence-corrected chi connectivity index (χ2v) is 7.03. The molecule has 9 nitrogen and oxygen atoms in total. The summed E-state index contributed by atoms with van der Waals surface area (Å²) in [5.74, 6) is -1.14. The Kier molecular flexibility index (Phi) is 4.69. The Bertz CT molecular complexity index is 1310. The van der Waals surface area contributed by atoms with E-state index in [9.17, 15) is 19.7 Å². The summed E-state index contributed by atoms with van der Waals surface area (Å²) < 4.78 is 12.3. The number of aromatic nitrogens is 1. The first kappa shape index (κ1) is 18.6. The number of carbonyl (C=O) groups excluding carboxylic acids is 2. The standard InChI is InChI=1S/C19H13N3O6S/c1-27-17(23)10-21-13-9-12(22(25)26)6-7-16(13)29-19(21)20-18(24)15-8-11-4-2-3-5-14(11)28-15/h2-9H,10H2,1H3. The van der Waals surface area contributed by atoms with Crippen LogP contribution in [0.15, 0.2) is 57.9 Å². The van der Waals surface area contributed by atoms with Crippen molar-refractivity contribution in [3.05, 3.63) is 69.2 Å². The second kappa shape index (κ2) is 7.32. The highest BCUT2D eigenvalue weighted by atomic mass is 32.1. The Morgan fingerprint density at radius 3 is 2.76 bits per heavy atom. The number of ether oxygens (including phenoxy) is 1. The number of non-ortho nitro benzene ring substituents is 1. The van der Waals surface area contributed by atoms with Crippen molar-refractivity contribution in [1.82, 2.24) is 4.57 Å². The Hall–Kier alpha value is -3.79. The van der Waals surface area contributed by atoms with Gasteiger partial charge >= 0.3 is 11.9 Å². The summed E-state index contributed by atoms with van der Waals surface area (Å²) in [6.07, 6.45) is 0. The van der Waals surface area contributed by atoms with Crippen LogP contribution in [0, 0.1) is 10.1 Å². The van der Waals surface area contributed by atoms with Gasteiger partial charge in [-0.05, 0) is 18.2 Å². The molecule has 0 atom stereocenters. The van der Waals surface area contributed by atoms with Crippen LogP contribution in [0.4, 0.5) is 5.69 Å². The molecule has 2 heterocycles. The molecule has 4 rings (SSSR count). The molecule has 0 aliphatic rings. The van der Waals surface area contributed by atoms with Gasteiger partial charge in [-0.25, -0.2) is 0 Å². The van der Waals surface area contributed by atoms with Crippen molar-refractivity contribution in [3.8, 4) is 0 Å². The maximum atomic E-state index is 12.7. The second-order valence-electron chi connectivity index (χ2n) is 6.02. The Balaban J connectivity index is 1.86. The van der Waals surface area contributed by atoms with Crippen molar-refractivity contribution in [2.45, 2.75) is 6.54 Å². The van der Waals surface area contributed by atoms with Gasteiger partial charge in [0.15, 0.2) is 10.6 Å². The first-order chi connectivity index (χ1) is 14.0. The lowest BCUT2D eigenvalue weighted by Gasteiger charge is -2.03. The van der Waals surface area contributed by atoms with Gasteiger partial charge < -0.3 is 13.7 Å². The fourth-order valence-electron chi connectivity index (χ4n) is 2.83. The van der Waals surface area contributed by atoms with E-state index in [1.165, 1.54) is 23.8 Å². The highest BCUT2D eigenvalue weighted by Gasteiger charge is 2.17. The third-order valence-corrected chi connectivity index (χ3v) is 5.28. The summed E-state index contributed by atoms with van der Waals surface area (Å²) in [6.45, 7) is -0.246. The molecule has 0 saturated carbocycles. The summed E-state index contributed by atoms with van der Waals surface area (Å²) in [5.41, 5.74) is 0.829. The lowest BCUT2D eigenvalue weighted by Crippen LogP contribution is -2.22. The number of rotatable bonds is 4. The van der Waals surface area contributed by atoms with Gasteiger partial charge in [-0.1, -0.05) is 29.5 Å². The molecule has 4 aromatic rings. The highest BCUT2D eigenvalue weighted by Crippen LogP contribution is 2.24. The predicted molar refractivity (Wildman–Crippen MR) is 105 cm³/mol. The summed E-state index contributed by atoms with van der Waals surface area (Å²) in [7, 11) is 1.23. The molecular formula is C19H13N3O6S. The van der Waals surface area contributed by atoms with Gasteiger partial charge in [0.25, 0.3) is 5.69 Å². The van der Waals surface area contributed by atoms with E-state index in [-0.39, 0.29) is 22.8 Å². The van der Waals surface area contributed by atoms with E-state index in [1.54, 1.807) is 24.3 Å². The molecule has 10 heteroatoms. The van der Waals surface area contributed by atoms with Crippen LogP contribution in [0.2, 0.25) is 0 Å². The van der Waals surface area contributed by atoms with Gasteiger partial charge in [0.2, 0.25) is 0 Å². The Labute approximate surface area is 166 Å². The van der Waals surface area contributed by atoms with E-state index in [2.05, 4.69) is 4.99 Å². The maximum absolute atomic E-state index is 12.7. The third kappa shape index (κ3) is 3.52. The average Bonchev–Trinajstić information content (AvgIpc) is 3.29. The van der Waals surface area contributed by atoms with Crippen LogP contribution in [-0.2, 0) is 16.1 Å². The molecule has 0 radical (unpaired) electrons. The van der Waals surface area contributed by atoms with Crippen LogP contribution in [0.3, 0.4) is 0 Å². The number of hydrogen-bond acceptors (Lipinski definition) is 7. The number of furan rings is 1. The monoisotopic (exact) mass is 411 g/mol. The molecule has 29 heavy (non-hydrogen) atoms. The van der Waals surface area contributed by atoms with Crippen LogP contribution in [0.5, 0.6) is 0 Å². The molecule has 2 aromatic carbocycles. The number of nitro benzene ring substituents is 1. The van der Waals surface area contributed by atoms with Gasteiger partial charge in [-0.15, -0.1) is 0 Å². The van der Waals surface area contributed by atoms with Gasteiger partial charge in [0, 0.05) is 17.5 Å². The van der Waals surface area contributed by atoms with Crippen molar-refractivity contribution < 1.29 is 23.7 Å². The minimum atomic E-state index is -0.624. The van der Waals surface area contributed by atoms with E-state index in [0.29, 0.717) is 15.8 Å². The zero-order valence-corrected chi connectivity index (χ0v) is 15.8. The van der Waals surface area contributed by atoms with Crippen molar-refractivity contribution in [2.24, 2.45) is 4.99 Å². The fourth-order valence-corrected chi connectivity index (χ4v) is 3.84. The number of esters is 1. The SMILES string of the molecule is COC(=O)Cn1c(=NC(=O)c2cc3ccccc3o2)sc2ccc([N+](=O)[O-])cc21. The normalized spacial score (nSPS) is 11.8. The van der Waals surface area contributed by atoms with Gasteiger partial charge in [0.1, 0.15) is 12.1 Å². The minimum Gasteiger partial charge on any atom is -0.468 e. The molecule has 1 amide bonds. The van der Waals surface area contributed by atoms with Gasteiger partial charge in [-0.2, -0.15) is 4.99 Å². The van der Waals surface area contributed by atoms with E-state index >= 15 is 0 Å². The van der Waals surface area contributed by atoms with E-state index in [0.717, 1.165) is 16.7 Å². The Morgan fingerprint density at radius 1 is 1.24 bits per heavy atom. The number of thiazole rings is 1. The average molecular weight is 411 g/mol. The number of benzene rings is 2. The van der Waals surface area contributed by atoms with Crippen LogP contribution in [0.25, 0.3) is 21.2 Å². The van der Waals surface area contributed by atoms with Crippen LogP contribution >= 0.6 is 11.3 Å². The number of hydrogen-bond donors (Lipinski definition) is 0. The van der Waals surface area contributed by atoms with Crippen molar-refractivity contribution in [1.29, 1.82) is 0 Å². The number of nitrogens with zero attached hydrogens (tertiary/aromatic N) is 3. The van der Waals surface area contributed by atoms with Gasteiger partial charge in [0.05, 0.1) is 22.2 Å². The molecular weight excluding hydrogens is 398 g/mol. The predicted octanol–water partition coefficient (Wildman–Crippen LogP) is 3.27. The third-order valence-electron chi connectivity index (χ3n) is 4.22. The lowest BCUT2D eigenvalue weighted by atomic mass is 10.2. The smallest absolute Gasteiger partial charge is 0.325 e. The number of amides is 1. The van der Waals surface area contributed by atoms with Crippen molar-refractivity contribution in [3.63, 3.8) is 0 Å². The van der Waals surface area contributed by atoms with Crippen molar-refractivity contribution in [2.75, 3.05) is 7.11 Å². The van der Waals surface area contributed by atoms with Crippen molar-refractivity contribution >= 4 is 50.1 Å². The van der Waals surface area contributed by atoms with E-state index < -0.39 is 16.8 Å². The van der Waals surface area contributed by atoms with E-state index in [1.807, 2.05) is 12.1 Å². The molecule has 146 valence electrons. The molecule has 2 aromatic heterocycles. The Morgan fingerprint density at radius 2 is 2.03 bits per heavy atom. The summed E-state index contributed by atoms with van der Waals surface area (Å²) in [6, 6.07) is 13.0. The number of carbonyl (C=O) groups is 2. The quantitative estimate of drug-likeness (QED) is 0.289. The van der Waals surface area contributed by atoms with Crippen LogP contribution in [-0.4, -0.2) is 28.5 Å². The number of fused-ring (bicyclic) bond motifs is 2. The van der Waals surface area contributed by atoms with Crippen LogP contribution < -0.4 is 4.80 Å². The molecule has 0 N–H and O–H groups in total. The minimum absolute atomic E-state index is 0.0549. The van der Waals surface area contributed by atoms with Gasteiger partial charge in [-0.3, -0.25) is 19.7 Å². The molecule has 0 aliphatic heterocycles. The number of methoxy groups -OCH3 is 1. The molecule has 0 fully saturated rings. The first-order valence-corrected chi connectivity index (χ1v) is 9.20. The van der Waals surface area contributed by atoms with Crippen LogP contribution in [0.1, 0.15) is 10.6 Å². The first-order valence-electron chi connectivity index (χ1n) is 8.38. The lowest BCUT2D eigenvalue weighted by molar-refractivity contribution is -0.384. The molecule has 0 spiro atoms. The zero-order chi connectivity index (χ0) is 20.5. The largest absolute Gasteiger partial charge is 0.468 e.